The lowest BCUT2D eigenvalue weighted by atomic mass is 9.94. The second-order valence-corrected chi connectivity index (χ2v) is 6.61. The van der Waals surface area contributed by atoms with Crippen molar-refractivity contribution in [1.82, 2.24) is 5.32 Å². The van der Waals surface area contributed by atoms with Gasteiger partial charge in [0, 0.05) is 25.2 Å². The maximum absolute atomic E-state index is 6.20. The maximum Gasteiger partial charge on any atom is 0.0595 e. The molecule has 0 radical (unpaired) electrons. The summed E-state index contributed by atoms with van der Waals surface area (Å²) in [5, 5.41) is 4.54. The predicted octanol–water partition coefficient (Wildman–Crippen LogP) is 3.82. The first-order valence-electron chi connectivity index (χ1n) is 6.64. The van der Waals surface area contributed by atoms with Crippen LogP contribution in [0.15, 0.2) is 22.7 Å². The third-order valence-corrected chi connectivity index (χ3v) is 5.58. The monoisotopic (exact) mass is 328 g/mol. The first-order valence-corrected chi connectivity index (χ1v) is 7.81. The summed E-state index contributed by atoms with van der Waals surface area (Å²) in [5.41, 5.74) is 1.58. The summed E-state index contributed by atoms with van der Waals surface area (Å²) in [5.74, 6) is 0. The molecule has 0 aromatic heterocycles. The summed E-state index contributed by atoms with van der Waals surface area (Å²) < 4.78 is 1.03. The van der Waals surface area contributed by atoms with Gasteiger partial charge in [0.1, 0.15) is 0 Å². The number of piperazine rings is 1. The van der Waals surface area contributed by atoms with Crippen LogP contribution in [0.2, 0.25) is 5.02 Å². The van der Waals surface area contributed by atoms with E-state index in [1.807, 2.05) is 12.1 Å². The zero-order valence-electron chi connectivity index (χ0n) is 10.4. The highest BCUT2D eigenvalue weighted by Gasteiger charge is 2.38. The molecule has 2 nitrogen and oxygen atoms in total. The van der Waals surface area contributed by atoms with Gasteiger partial charge in [-0.1, -0.05) is 30.5 Å². The largest absolute Gasteiger partial charge is 0.367 e. The van der Waals surface area contributed by atoms with E-state index in [-0.39, 0.29) is 0 Å². The second-order valence-electron chi connectivity index (χ2n) is 5.41. The number of halogens is 2. The van der Waals surface area contributed by atoms with Crippen molar-refractivity contribution in [2.24, 2.45) is 0 Å². The minimum atomic E-state index is 0.347. The van der Waals surface area contributed by atoms with Crippen molar-refractivity contribution in [3.05, 3.63) is 27.7 Å². The lowest BCUT2D eigenvalue weighted by molar-refractivity contribution is 0.304. The number of hydrogen-bond donors (Lipinski definition) is 1. The molecule has 1 saturated carbocycles. The quantitative estimate of drug-likeness (QED) is 0.842. The van der Waals surface area contributed by atoms with Crippen molar-refractivity contribution < 1.29 is 0 Å². The zero-order chi connectivity index (χ0) is 12.6. The van der Waals surface area contributed by atoms with Crippen LogP contribution in [0.5, 0.6) is 0 Å². The molecule has 18 heavy (non-hydrogen) atoms. The van der Waals surface area contributed by atoms with Gasteiger partial charge in [-0.15, -0.1) is 0 Å². The summed E-state index contributed by atoms with van der Waals surface area (Å²) >= 11 is 9.81. The smallest absolute Gasteiger partial charge is 0.0595 e. The van der Waals surface area contributed by atoms with E-state index >= 15 is 0 Å². The maximum atomic E-state index is 6.20. The van der Waals surface area contributed by atoms with Crippen LogP contribution in [0, 0.1) is 0 Å². The second kappa shape index (κ2) is 5.03. The van der Waals surface area contributed by atoms with E-state index < -0.39 is 0 Å². The highest BCUT2D eigenvalue weighted by Crippen LogP contribution is 2.37. The molecule has 0 atom stereocenters. The molecule has 3 rings (SSSR count). The van der Waals surface area contributed by atoms with E-state index in [2.05, 4.69) is 32.2 Å². The van der Waals surface area contributed by atoms with Gasteiger partial charge < -0.3 is 10.2 Å². The molecule has 1 aliphatic carbocycles. The molecular weight excluding hydrogens is 312 g/mol. The summed E-state index contributed by atoms with van der Waals surface area (Å²) in [6.07, 6.45) is 5.33. The Bertz CT molecular complexity index is 443. The van der Waals surface area contributed by atoms with Gasteiger partial charge in [0.05, 0.1) is 15.2 Å². The van der Waals surface area contributed by atoms with E-state index in [1.54, 1.807) is 0 Å². The van der Waals surface area contributed by atoms with Crippen LogP contribution in [0.25, 0.3) is 0 Å². The van der Waals surface area contributed by atoms with Crippen LogP contribution in [0.3, 0.4) is 0 Å². The lowest BCUT2D eigenvalue weighted by Crippen LogP contribution is -2.59. The van der Waals surface area contributed by atoms with Crippen LogP contribution in [0.1, 0.15) is 25.7 Å². The highest BCUT2D eigenvalue weighted by molar-refractivity contribution is 9.10. The summed E-state index contributed by atoms with van der Waals surface area (Å²) in [6.45, 7) is 3.23. The molecule has 2 fully saturated rings. The predicted molar refractivity (Wildman–Crippen MR) is 80.6 cm³/mol. The van der Waals surface area contributed by atoms with Gasteiger partial charge in [0.2, 0.25) is 0 Å². The Balaban J connectivity index is 1.85. The van der Waals surface area contributed by atoms with E-state index in [9.17, 15) is 0 Å². The fourth-order valence-electron chi connectivity index (χ4n) is 3.29. The normalized spacial score (nSPS) is 22.7. The molecule has 1 spiro atoms. The number of benzene rings is 1. The molecule has 1 saturated heterocycles. The Morgan fingerprint density at radius 1 is 1.28 bits per heavy atom. The van der Waals surface area contributed by atoms with Gasteiger partial charge in [-0.2, -0.15) is 0 Å². The fraction of sp³-hybridized carbons (Fsp3) is 0.571. The van der Waals surface area contributed by atoms with E-state index in [4.69, 9.17) is 11.6 Å². The number of rotatable bonds is 1. The van der Waals surface area contributed by atoms with E-state index in [0.717, 1.165) is 29.1 Å². The summed E-state index contributed by atoms with van der Waals surface area (Å²) in [4.78, 5) is 2.47. The molecule has 1 aromatic carbocycles. The first-order chi connectivity index (χ1) is 8.70. The Morgan fingerprint density at radius 3 is 2.83 bits per heavy atom. The Hall–Kier alpha value is -0.250. The molecule has 1 aromatic rings. The Morgan fingerprint density at radius 2 is 2.06 bits per heavy atom. The Kier molecular flexibility index (Phi) is 3.57. The van der Waals surface area contributed by atoms with Crippen molar-refractivity contribution >= 4 is 33.2 Å². The van der Waals surface area contributed by atoms with Gasteiger partial charge in [-0.25, -0.2) is 0 Å². The van der Waals surface area contributed by atoms with Gasteiger partial charge >= 0.3 is 0 Å². The zero-order valence-corrected chi connectivity index (χ0v) is 12.7. The van der Waals surface area contributed by atoms with E-state index in [1.165, 1.54) is 31.4 Å². The minimum Gasteiger partial charge on any atom is -0.367 e. The highest BCUT2D eigenvalue weighted by atomic mass is 79.9. The van der Waals surface area contributed by atoms with Gasteiger partial charge in [-0.05, 0) is 40.9 Å². The lowest BCUT2D eigenvalue weighted by Gasteiger charge is -2.43. The van der Waals surface area contributed by atoms with Crippen LogP contribution < -0.4 is 10.2 Å². The molecule has 1 N–H and O–H groups in total. The van der Waals surface area contributed by atoms with Crippen molar-refractivity contribution in [3.8, 4) is 0 Å². The third kappa shape index (κ3) is 2.28. The van der Waals surface area contributed by atoms with Gasteiger partial charge in [0.15, 0.2) is 0 Å². The molecule has 0 amide bonds. The topological polar surface area (TPSA) is 15.3 Å². The molecule has 2 aliphatic rings. The van der Waals surface area contributed by atoms with Crippen molar-refractivity contribution in [2.45, 2.75) is 31.2 Å². The average molecular weight is 330 g/mol. The summed E-state index contributed by atoms with van der Waals surface area (Å²) in [6, 6.07) is 6.12. The Labute approximate surface area is 122 Å². The van der Waals surface area contributed by atoms with Gasteiger partial charge in [0.25, 0.3) is 0 Å². The molecule has 1 heterocycles. The molecule has 0 unspecified atom stereocenters. The molecule has 4 heteroatoms. The van der Waals surface area contributed by atoms with Crippen LogP contribution in [0.4, 0.5) is 5.69 Å². The first kappa shape index (κ1) is 12.8. The molecular formula is C14H18BrClN2. The molecule has 98 valence electrons. The van der Waals surface area contributed by atoms with Crippen molar-refractivity contribution in [2.75, 3.05) is 24.5 Å². The van der Waals surface area contributed by atoms with Crippen LogP contribution in [-0.4, -0.2) is 25.2 Å². The number of nitrogens with one attached hydrogen (secondary N) is 1. The molecule has 0 bridgehead atoms. The number of nitrogens with zero attached hydrogens (tertiary/aromatic N) is 1. The van der Waals surface area contributed by atoms with Crippen LogP contribution >= 0.6 is 27.5 Å². The van der Waals surface area contributed by atoms with Crippen molar-refractivity contribution in [1.29, 1.82) is 0 Å². The molecule has 1 aliphatic heterocycles. The third-order valence-electron chi connectivity index (χ3n) is 4.21. The number of anilines is 1. The SMILES string of the molecule is Clc1cccc(N2CCNC3(CCCC3)C2)c1Br. The van der Waals surface area contributed by atoms with Crippen molar-refractivity contribution in [3.63, 3.8) is 0 Å². The summed E-state index contributed by atoms with van der Waals surface area (Å²) in [7, 11) is 0. The average Bonchev–Trinajstić information content (AvgIpc) is 2.81. The number of hydrogen-bond acceptors (Lipinski definition) is 2. The van der Waals surface area contributed by atoms with Crippen LogP contribution in [-0.2, 0) is 0 Å². The fourth-order valence-corrected chi connectivity index (χ4v) is 3.97. The minimum absolute atomic E-state index is 0.347. The van der Waals surface area contributed by atoms with E-state index in [0.29, 0.717) is 5.54 Å². The van der Waals surface area contributed by atoms with Gasteiger partial charge in [-0.3, -0.25) is 0 Å². The standard InChI is InChI=1S/C14H18BrClN2/c15-13-11(16)4-3-5-12(13)18-9-8-17-14(10-18)6-1-2-7-14/h3-5,17H,1-2,6-10H2.